The molecule has 0 bridgehead atoms. The first-order chi connectivity index (χ1) is 14.7. The zero-order valence-corrected chi connectivity index (χ0v) is 17.2. The van der Waals surface area contributed by atoms with E-state index in [9.17, 15) is 27.2 Å². The molecule has 162 valence electrons. The maximum absolute atomic E-state index is 12.9. The summed E-state index contributed by atoms with van der Waals surface area (Å²) in [5.74, 6) is -1.37. The van der Waals surface area contributed by atoms with E-state index in [-0.39, 0.29) is 28.9 Å². The van der Waals surface area contributed by atoms with Gasteiger partial charge in [-0.2, -0.15) is 13.2 Å². The Morgan fingerprint density at radius 3 is 2.45 bits per heavy atom. The summed E-state index contributed by atoms with van der Waals surface area (Å²) in [6, 6.07) is 9.84. The highest BCUT2D eigenvalue weighted by molar-refractivity contribution is 8.01. The molecule has 1 aromatic heterocycles. The zero-order chi connectivity index (χ0) is 22.4. The van der Waals surface area contributed by atoms with Crippen LogP contribution >= 0.6 is 23.1 Å². The molecule has 31 heavy (non-hydrogen) atoms. The molecular formula is C19H14F4N4O2S2. The highest BCUT2D eigenvalue weighted by Gasteiger charge is 2.30. The van der Waals surface area contributed by atoms with E-state index in [2.05, 4.69) is 20.8 Å². The Hall–Kier alpha value is -2.99. The van der Waals surface area contributed by atoms with Gasteiger partial charge in [-0.05, 0) is 35.9 Å². The van der Waals surface area contributed by atoms with Crippen LogP contribution in [0.1, 0.15) is 11.1 Å². The Morgan fingerprint density at radius 2 is 1.74 bits per heavy atom. The molecule has 0 aliphatic rings. The number of amides is 2. The monoisotopic (exact) mass is 470 g/mol. The molecule has 0 unspecified atom stereocenters. The summed E-state index contributed by atoms with van der Waals surface area (Å²) in [5, 5.41) is 12.9. The SMILES string of the molecule is O=C(CSc1nnc(NC(=O)Cc2ccc(F)cc2)s1)Nc1cccc(C(F)(F)F)c1. The molecule has 0 saturated heterocycles. The molecule has 0 fully saturated rings. The fourth-order valence-electron chi connectivity index (χ4n) is 2.37. The Morgan fingerprint density at radius 1 is 1.00 bits per heavy atom. The van der Waals surface area contributed by atoms with Crippen molar-refractivity contribution in [2.24, 2.45) is 0 Å². The number of aromatic nitrogens is 2. The molecule has 0 atom stereocenters. The van der Waals surface area contributed by atoms with Crippen LogP contribution in [0.15, 0.2) is 52.9 Å². The first-order valence-electron chi connectivity index (χ1n) is 8.67. The van der Waals surface area contributed by atoms with Crippen LogP contribution < -0.4 is 10.6 Å². The molecular weight excluding hydrogens is 456 g/mol. The number of carbonyl (C=O) groups is 2. The molecule has 0 saturated carbocycles. The number of benzene rings is 2. The topological polar surface area (TPSA) is 84.0 Å². The van der Waals surface area contributed by atoms with Gasteiger partial charge in [0.2, 0.25) is 16.9 Å². The Kier molecular flexibility index (Phi) is 7.23. The number of carbonyl (C=O) groups excluding carboxylic acids is 2. The van der Waals surface area contributed by atoms with Gasteiger partial charge in [-0.25, -0.2) is 4.39 Å². The molecule has 1 heterocycles. The van der Waals surface area contributed by atoms with Crippen LogP contribution in [-0.4, -0.2) is 27.8 Å². The van der Waals surface area contributed by atoms with Crippen molar-refractivity contribution in [2.45, 2.75) is 16.9 Å². The number of hydrogen-bond donors (Lipinski definition) is 2. The van der Waals surface area contributed by atoms with Crippen LogP contribution in [0.2, 0.25) is 0 Å². The van der Waals surface area contributed by atoms with Crippen LogP contribution in [0.3, 0.4) is 0 Å². The van der Waals surface area contributed by atoms with Crippen molar-refractivity contribution >= 4 is 45.7 Å². The fraction of sp³-hybridized carbons (Fsp3) is 0.158. The van der Waals surface area contributed by atoms with Gasteiger partial charge in [0, 0.05) is 5.69 Å². The van der Waals surface area contributed by atoms with Crippen LogP contribution in [0, 0.1) is 5.82 Å². The van der Waals surface area contributed by atoms with Gasteiger partial charge in [-0.3, -0.25) is 9.59 Å². The summed E-state index contributed by atoms with van der Waals surface area (Å²) < 4.78 is 51.5. The predicted molar refractivity (Wildman–Crippen MR) is 109 cm³/mol. The lowest BCUT2D eigenvalue weighted by atomic mass is 10.1. The lowest BCUT2D eigenvalue weighted by Gasteiger charge is -2.09. The number of anilines is 2. The van der Waals surface area contributed by atoms with Gasteiger partial charge in [0.1, 0.15) is 5.82 Å². The van der Waals surface area contributed by atoms with Crippen molar-refractivity contribution in [2.75, 3.05) is 16.4 Å². The maximum atomic E-state index is 12.9. The van der Waals surface area contributed by atoms with E-state index in [0.29, 0.717) is 9.90 Å². The van der Waals surface area contributed by atoms with Gasteiger partial charge in [0.15, 0.2) is 4.34 Å². The molecule has 0 aliphatic heterocycles. The number of rotatable bonds is 7. The summed E-state index contributed by atoms with van der Waals surface area (Å²) in [6.07, 6.45) is -4.47. The van der Waals surface area contributed by atoms with Crippen molar-refractivity contribution in [3.05, 3.63) is 65.5 Å². The number of alkyl halides is 3. The number of nitrogens with one attached hydrogen (secondary N) is 2. The van der Waals surface area contributed by atoms with E-state index in [4.69, 9.17) is 0 Å². The molecule has 3 aromatic rings. The first kappa shape index (κ1) is 22.7. The van der Waals surface area contributed by atoms with Gasteiger partial charge in [0.05, 0.1) is 17.7 Å². The number of hydrogen-bond acceptors (Lipinski definition) is 6. The minimum absolute atomic E-state index is 0.0295. The van der Waals surface area contributed by atoms with Crippen LogP contribution in [0.4, 0.5) is 28.4 Å². The normalized spacial score (nSPS) is 11.2. The van der Waals surface area contributed by atoms with Crippen molar-refractivity contribution in [1.82, 2.24) is 10.2 Å². The van der Waals surface area contributed by atoms with Crippen LogP contribution in [0.5, 0.6) is 0 Å². The third kappa shape index (κ3) is 7.03. The standard InChI is InChI=1S/C19H14F4N4O2S2/c20-13-6-4-11(5-7-13)8-15(28)25-17-26-27-18(31-17)30-10-16(29)24-14-3-1-2-12(9-14)19(21,22)23/h1-7,9H,8,10H2,(H,24,29)(H,25,26,28). The third-order valence-electron chi connectivity index (χ3n) is 3.73. The molecule has 2 N–H and O–H groups in total. The van der Waals surface area contributed by atoms with Gasteiger partial charge in [-0.15, -0.1) is 10.2 Å². The smallest absolute Gasteiger partial charge is 0.325 e. The van der Waals surface area contributed by atoms with E-state index in [1.54, 1.807) is 0 Å². The molecule has 0 aliphatic carbocycles. The van der Waals surface area contributed by atoms with E-state index in [0.717, 1.165) is 35.2 Å². The fourth-order valence-corrected chi connectivity index (χ4v) is 3.94. The summed E-state index contributed by atoms with van der Waals surface area (Å²) in [6.45, 7) is 0. The van der Waals surface area contributed by atoms with E-state index in [1.807, 2.05) is 0 Å². The average Bonchev–Trinajstić information content (AvgIpc) is 3.15. The lowest BCUT2D eigenvalue weighted by molar-refractivity contribution is -0.137. The summed E-state index contributed by atoms with van der Waals surface area (Å²) in [5.41, 5.74) is -0.196. The number of halogens is 4. The molecule has 6 nitrogen and oxygen atoms in total. The quantitative estimate of drug-likeness (QED) is 0.299. The van der Waals surface area contributed by atoms with Gasteiger partial charge in [-0.1, -0.05) is 41.3 Å². The van der Waals surface area contributed by atoms with Gasteiger partial charge in [0.25, 0.3) is 0 Å². The molecule has 3 rings (SSSR count). The highest BCUT2D eigenvalue weighted by Crippen LogP contribution is 2.31. The van der Waals surface area contributed by atoms with Crippen LogP contribution in [-0.2, 0) is 22.2 Å². The first-order valence-corrected chi connectivity index (χ1v) is 10.5. The second-order valence-corrected chi connectivity index (χ2v) is 8.34. The summed E-state index contributed by atoms with van der Waals surface area (Å²) >= 11 is 2.08. The Labute approximate surface area is 182 Å². The minimum Gasteiger partial charge on any atom is -0.325 e. The maximum Gasteiger partial charge on any atom is 0.416 e. The van der Waals surface area contributed by atoms with Gasteiger partial charge < -0.3 is 10.6 Å². The minimum atomic E-state index is -4.50. The largest absolute Gasteiger partial charge is 0.416 e. The van der Waals surface area contributed by atoms with Crippen molar-refractivity contribution < 1.29 is 27.2 Å². The van der Waals surface area contributed by atoms with E-state index < -0.39 is 23.5 Å². The Balaban J connectivity index is 1.48. The second kappa shape index (κ2) is 9.88. The molecule has 0 spiro atoms. The highest BCUT2D eigenvalue weighted by atomic mass is 32.2. The molecule has 2 amide bonds. The van der Waals surface area contributed by atoms with E-state index >= 15 is 0 Å². The van der Waals surface area contributed by atoms with Gasteiger partial charge >= 0.3 is 6.18 Å². The summed E-state index contributed by atoms with van der Waals surface area (Å²) in [4.78, 5) is 24.0. The van der Waals surface area contributed by atoms with Crippen molar-refractivity contribution in [3.63, 3.8) is 0 Å². The van der Waals surface area contributed by atoms with Crippen molar-refractivity contribution in [1.29, 1.82) is 0 Å². The molecule has 2 aromatic carbocycles. The Bertz CT molecular complexity index is 1070. The number of nitrogens with zero attached hydrogens (tertiary/aromatic N) is 2. The molecule has 0 radical (unpaired) electrons. The molecule has 12 heteroatoms. The zero-order valence-electron chi connectivity index (χ0n) is 15.6. The van der Waals surface area contributed by atoms with Crippen molar-refractivity contribution in [3.8, 4) is 0 Å². The average molecular weight is 470 g/mol. The van der Waals surface area contributed by atoms with E-state index in [1.165, 1.54) is 36.4 Å². The lowest BCUT2D eigenvalue weighted by Crippen LogP contribution is -2.15. The number of thioether (sulfide) groups is 1. The second-order valence-electron chi connectivity index (χ2n) is 6.14. The third-order valence-corrected chi connectivity index (χ3v) is 5.70. The summed E-state index contributed by atoms with van der Waals surface area (Å²) in [7, 11) is 0. The van der Waals surface area contributed by atoms with Crippen LogP contribution in [0.25, 0.3) is 0 Å². The predicted octanol–water partition coefficient (Wildman–Crippen LogP) is 4.61.